The summed E-state index contributed by atoms with van der Waals surface area (Å²) in [5, 5.41) is 24.8. The molecule has 1 aromatic carbocycles. The average Bonchev–Trinajstić information content (AvgIpc) is 2.52. The molecule has 0 spiro atoms. The predicted molar refractivity (Wildman–Crippen MR) is 104 cm³/mol. The number of piperazine rings is 1. The molecule has 0 aromatic heterocycles. The van der Waals surface area contributed by atoms with Gasteiger partial charge in [-0.3, -0.25) is 15.0 Å². The van der Waals surface area contributed by atoms with Crippen molar-refractivity contribution in [3.63, 3.8) is 0 Å². The Bertz CT molecular complexity index is 569. The second-order valence-electron chi connectivity index (χ2n) is 5.29. The third-order valence-corrected chi connectivity index (χ3v) is 4.49. The largest absolute Gasteiger partial charge is 0.506 e. The molecule has 0 amide bonds. The van der Waals surface area contributed by atoms with Crippen molar-refractivity contribution in [2.45, 2.75) is 18.9 Å². The monoisotopic (exact) mass is 441 g/mol. The van der Waals surface area contributed by atoms with Gasteiger partial charge in [0.1, 0.15) is 5.75 Å². The number of nitro benzene ring substituents is 1. The highest BCUT2D eigenvalue weighted by Crippen LogP contribution is 2.40. The topological polar surface area (TPSA) is 78.6 Å². The van der Waals surface area contributed by atoms with Crippen molar-refractivity contribution in [2.75, 3.05) is 26.2 Å². The second-order valence-corrected chi connectivity index (χ2v) is 6.14. The molecule has 0 bridgehead atoms. The number of rotatable bonds is 6. The summed E-state index contributed by atoms with van der Waals surface area (Å²) in [4.78, 5) is 12.9. The average molecular weight is 443 g/mol. The molecule has 0 unspecified atom stereocenters. The van der Waals surface area contributed by atoms with E-state index in [-0.39, 0.29) is 42.3 Å². The van der Waals surface area contributed by atoms with Crippen LogP contribution in [-0.2, 0) is 0 Å². The minimum absolute atomic E-state index is 0. The number of phenolic OH excluding ortho intramolecular Hbond substituents is 1. The molecule has 0 aliphatic carbocycles. The number of phenols is 1. The Hall–Kier alpha value is -0.860. The number of allylic oxidation sites excluding steroid dienone is 1. The fourth-order valence-corrected chi connectivity index (χ4v) is 3.23. The maximum absolute atomic E-state index is 11.1. The van der Waals surface area contributed by atoms with Crippen LogP contribution in [0.4, 0.5) is 5.69 Å². The first-order chi connectivity index (χ1) is 10.5. The van der Waals surface area contributed by atoms with E-state index in [4.69, 9.17) is 0 Å². The number of nitrogens with zero attached hydrogens (tertiary/aromatic N) is 2. The predicted octanol–water partition coefficient (Wildman–Crippen LogP) is 3.82. The van der Waals surface area contributed by atoms with Crippen LogP contribution in [0.2, 0.25) is 0 Å². The van der Waals surface area contributed by atoms with Crippen LogP contribution < -0.4 is 5.32 Å². The van der Waals surface area contributed by atoms with Gasteiger partial charge in [-0.25, -0.2) is 0 Å². The van der Waals surface area contributed by atoms with Gasteiger partial charge in [0.2, 0.25) is 0 Å². The first-order valence-electron chi connectivity index (χ1n) is 7.27. The first kappa shape index (κ1) is 23.1. The van der Waals surface area contributed by atoms with Crippen LogP contribution in [0.1, 0.15) is 24.4 Å². The summed E-state index contributed by atoms with van der Waals surface area (Å²) >= 11 is 3.22. The molecule has 0 saturated carbocycles. The minimum atomic E-state index is -0.435. The third kappa shape index (κ3) is 5.60. The smallest absolute Gasteiger partial charge is 0.271 e. The number of halogens is 3. The Morgan fingerprint density at radius 1 is 1.42 bits per heavy atom. The van der Waals surface area contributed by atoms with Crippen molar-refractivity contribution in [3.05, 3.63) is 44.9 Å². The van der Waals surface area contributed by atoms with Crippen LogP contribution in [0, 0.1) is 10.1 Å². The van der Waals surface area contributed by atoms with Gasteiger partial charge in [0, 0.05) is 49.9 Å². The lowest BCUT2D eigenvalue weighted by molar-refractivity contribution is -0.385. The molecule has 1 atom stereocenters. The maximum Gasteiger partial charge on any atom is 0.271 e. The van der Waals surface area contributed by atoms with Gasteiger partial charge >= 0.3 is 0 Å². The summed E-state index contributed by atoms with van der Waals surface area (Å²) in [6.07, 6.45) is 3.39. The zero-order valence-corrected chi connectivity index (χ0v) is 16.3. The van der Waals surface area contributed by atoms with E-state index in [1.807, 2.05) is 6.08 Å². The molecule has 136 valence electrons. The lowest BCUT2D eigenvalue weighted by atomic mass is 9.98. The van der Waals surface area contributed by atoms with Crippen LogP contribution in [0.15, 0.2) is 29.3 Å². The molecule has 9 heteroatoms. The summed E-state index contributed by atoms with van der Waals surface area (Å²) in [6.45, 7) is 7.20. The summed E-state index contributed by atoms with van der Waals surface area (Å²) in [7, 11) is 0. The molecular formula is C15H22BrCl2N3O3. The fraction of sp³-hybridized carbons (Fsp3) is 0.467. The SMILES string of the molecule is C=CCC[C@H](c1cc([N+](=O)[O-])cc(Br)c1O)N1CCNCC1.Cl.Cl. The Morgan fingerprint density at radius 3 is 2.58 bits per heavy atom. The van der Waals surface area contributed by atoms with E-state index < -0.39 is 4.92 Å². The van der Waals surface area contributed by atoms with E-state index in [1.165, 1.54) is 12.1 Å². The normalized spacial score (nSPS) is 15.7. The van der Waals surface area contributed by atoms with E-state index in [1.54, 1.807) is 0 Å². The highest BCUT2D eigenvalue weighted by Gasteiger charge is 2.27. The summed E-state index contributed by atoms with van der Waals surface area (Å²) < 4.78 is 0.357. The molecule has 2 N–H and O–H groups in total. The number of hydrogen-bond donors (Lipinski definition) is 2. The van der Waals surface area contributed by atoms with Gasteiger partial charge in [0.05, 0.1) is 9.40 Å². The van der Waals surface area contributed by atoms with Crippen LogP contribution in [-0.4, -0.2) is 41.1 Å². The van der Waals surface area contributed by atoms with E-state index in [2.05, 4.69) is 32.7 Å². The zero-order valence-electron chi connectivity index (χ0n) is 13.1. The number of nitro groups is 1. The molecule has 1 aliphatic heterocycles. The van der Waals surface area contributed by atoms with Gasteiger partial charge in [0.25, 0.3) is 5.69 Å². The second kappa shape index (κ2) is 10.9. The Balaban J connectivity index is 0.00000264. The molecule has 0 radical (unpaired) electrons. The molecule has 1 aliphatic rings. The van der Waals surface area contributed by atoms with Gasteiger partial charge in [-0.1, -0.05) is 6.08 Å². The standard InChI is InChI=1S/C15H20BrN3O3.2ClH/c1-2-3-4-14(18-7-5-17-6-8-18)12-9-11(19(21)22)10-13(16)15(12)20;;/h2,9-10,14,17,20H,1,3-8H2;2*1H/t14-;;/m1../s1. The molecule has 1 aromatic rings. The van der Waals surface area contributed by atoms with Gasteiger partial charge in [-0.2, -0.15) is 0 Å². The van der Waals surface area contributed by atoms with E-state index in [9.17, 15) is 15.2 Å². The fourth-order valence-electron chi connectivity index (χ4n) is 2.77. The third-order valence-electron chi connectivity index (χ3n) is 3.88. The van der Waals surface area contributed by atoms with E-state index in [0.29, 0.717) is 10.0 Å². The highest BCUT2D eigenvalue weighted by molar-refractivity contribution is 9.10. The van der Waals surface area contributed by atoms with Gasteiger partial charge in [0.15, 0.2) is 0 Å². The number of hydrogen-bond acceptors (Lipinski definition) is 5. The van der Waals surface area contributed by atoms with Crippen molar-refractivity contribution in [1.29, 1.82) is 0 Å². The lowest BCUT2D eigenvalue weighted by Crippen LogP contribution is -2.45. The van der Waals surface area contributed by atoms with E-state index in [0.717, 1.165) is 39.0 Å². The molecule has 1 saturated heterocycles. The van der Waals surface area contributed by atoms with Gasteiger partial charge < -0.3 is 10.4 Å². The van der Waals surface area contributed by atoms with Gasteiger partial charge in [-0.05, 0) is 28.8 Å². The number of non-ortho nitro benzene ring substituents is 1. The highest BCUT2D eigenvalue weighted by atomic mass is 79.9. The van der Waals surface area contributed by atoms with Crippen LogP contribution in [0.3, 0.4) is 0 Å². The number of benzene rings is 1. The molecule has 2 rings (SSSR count). The van der Waals surface area contributed by atoms with Crippen molar-refractivity contribution >= 4 is 46.4 Å². The van der Waals surface area contributed by atoms with Gasteiger partial charge in [-0.15, -0.1) is 31.4 Å². The molecule has 1 heterocycles. The van der Waals surface area contributed by atoms with Crippen molar-refractivity contribution < 1.29 is 10.0 Å². The molecule has 24 heavy (non-hydrogen) atoms. The van der Waals surface area contributed by atoms with Crippen molar-refractivity contribution in [2.24, 2.45) is 0 Å². The van der Waals surface area contributed by atoms with Crippen LogP contribution in [0.25, 0.3) is 0 Å². The maximum atomic E-state index is 11.1. The first-order valence-corrected chi connectivity index (χ1v) is 8.06. The molecule has 1 fully saturated rings. The van der Waals surface area contributed by atoms with Crippen LogP contribution >= 0.6 is 40.7 Å². The molecular weight excluding hydrogens is 421 g/mol. The number of nitrogens with one attached hydrogen (secondary N) is 1. The van der Waals surface area contributed by atoms with Crippen LogP contribution in [0.5, 0.6) is 5.75 Å². The Morgan fingerprint density at radius 2 is 2.04 bits per heavy atom. The summed E-state index contributed by atoms with van der Waals surface area (Å²) in [5.41, 5.74) is 0.586. The summed E-state index contributed by atoms with van der Waals surface area (Å²) in [6, 6.07) is 2.76. The quantitative estimate of drug-likeness (QED) is 0.397. The lowest BCUT2D eigenvalue weighted by Gasteiger charge is -2.35. The Labute approximate surface area is 162 Å². The number of aromatic hydroxyl groups is 1. The Kier molecular flexibility index (Phi) is 10.5. The van der Waals surface area contributed by atoms with Crippen molar-refractivity contribution in [3.8, 4) is 5.75 Å². The summed E-state index contributed by atoms with van der Waals surface area (Å²) in [5.74, 6) is 0.0817. The van der Waals surface area contributed by atoms with E-state index >= 15 is 0 Å². The molecule has 6 nitrogen and oxygen atoms in total. The zero-order chi connectivity index (χ0) is 16.1. The van der Waals surface area contributed by atoms with Crippen molar-refractivity contribution in [1.82, 2.24) is 10.2 Å². The minimum Gasteiger partial charge on any atom is -0.506 e.